The van der Waals surface area contributed by atoms with E-state index in [0.29, 0.717) is 42.3 Å². The molecule has 1 N–H and O–H groups in total. The molecule has 6 nitrogen and oxygen atoms in total. The number of fused-ring (bicyclic) bond motifs is 1. The maximum absolute atomic E-state index is 13.4. The van der Waals surface area contributed by atoms with Crippen molar-refractivity contribution in [3.8, 4) is 0 Å². The molecule has 5 rings (SSSR count). The van der Waals surface area contributed by atoms with E-state index in [4.69, 9.17) is 11.6 Å². The lowest BCUT2D eigenvalue weighted by Crippen LogP contribution is -2.41. The second kappa shape index (κ2) is 10.8. The van der Waals surface area contributed by atoms with Crippen molar-refractivity contribution in [1.82, 2.24) is 14.9 Å². The van der Waals surface area contributed by atoms with Gasteiger partial charge in [-0.15, -0.1) is 0 Å². The number of hydrogen-bond acceptors (Lipinski definition) is 5. The number of ketones is 1. The smallest absolute Gasteiger partial charge is 0.256 e. The minimum Gasteiger partial charge on any atom is -0.307 e. The van der Waals surface area contributed by atoms with Crippen LogP contribution < -0.4 is 5.32 Å². The fraction of sp³-hybridized carbons (Fsp3) is 0.172. The van der Waals surface area contributed by atoms with Crippen LogP contribution in [0.1, 0.15) is 32.7 Å². The van der Waals surface area contributed by atoms with E-state index in [1.165, 1.54) is 0 Å². The number of nitrogens with zero attached hydrogens (tertiary/aromatic N) is 3. The summed E-state index contributed by atoms with van der Waals surface area (Å²) in [4.78, 5) is 36.8. The normalized spacial score (nSPS) is 15.7. The van der Waals surface area contributed by atoms with E-state index < -0.39 is 0 Å². The second-order valence-electron chi connectivity index (χ2n) is 8.87. The first-order valence-electron chi connectivity index (χ1n) is 11.8. The van der Waals surface area contributed by atoms with Gasteiger partial charge in [-0.1, -0.05) is 41.9 Å². The SMILES string of the molecule is O=C(Nc1ccccn1)c1ccc(CN2Cc3ccc(Cl)cc3CC(=O)[C@H]2Cc2ccccn2)cc1. The van der Waals surface area contributed by atoms with Crippen LogP contribution in [-0.4, -0.2) is 32.6 Å². The first-order chi connectivity index (χ1) is 17.5. The number of rotatable bonds is 6. The summed E-state index contributed by atoms with van der Waals surface area (Å²) < 4.78 is 0. The highest BCUT2D eigenvalue weighted by Crippen LogP contribution is 2.26. The van der Waals surface area contributed by atoms with Gasteiger partial charge >= 0.3 is 0 Å². The molecular formula is C29H25ClN4O2. The summed E-state index contributed by atoms with van der Waals surface area (Å²) in [7, 11) is 0. The van der Waals surface area contributed by atoms with Gasteiger partial charge in [0, 0.05) is 54.6 Å². The second-order valence-corrected chi connectivity index (χ2v) is 9.30. The van der Waals surface area contributed by atoms with E-state index in [-0.39, 0.29) is 17.7 Å². The molecular weight excluding hydrogens is 472 g/mol. The minimum atomic E-state index is -0.321. The van der Waals surface area contributed by atoms with Crippen LogP contribution >= 0.6 is 11.6 Å². The average Bonchev–Trinajstić information content (AvgIpc) is 3.01. The van der Waals surface area contributed by atoms with Crippen molar-refractivity contribution in [2.45, 2.75) is 32.0 Å². The summed E-state index contributed by atoms with van der Waals surface area (Å²) in [6, 6.07) is 24.1. The third kappa shape index (κ3) is 5.67. The summed E-state index contributed by atoms with van der Waals surface area (Å²) in [5.41, 5.74) is 4.51. The molecule has 180 valence electrons. The fourth-order valence-electron chi connectivity index (χ4n) is 4.50. The lowest BCUT2D eigenvalue weighted by Gasteiger charge is -2.29. The number of nitrogens with one attached hydrogen (secondary N) is 1. The molecule has 1 atom stereocenters. The van der Waals surface area contributed by atoms with E-state index in [9.17, 15) is 9.59 Å². The Bertz CT molecular complexity index is 1360. The molecule has 1 aliphatic heterocycles. The highest BCUT2D eigenvalue weighted by molar-refractivity contribution is 6.30. The Balaban J connectivity index is 1.37. The summed E-state index contributed by atoms with van der Waals surface area (Å²) in [6.45, 7) is 1.19. The molecule has 4 aromatic rings. The van der Waals surface area contributed by atoms with Gasteiger partial charge < -0.3 is 5.32 Å². The molecule has 1 amide bonds. The minimum absolute atomic E-state index is 0.146. The van der Waals surface area contributed by atoms with Crippen LogP contribution in [0.3, 0.4) is 0 Å². The Morgan fingerprint density at radius 2 is 1.72 bits per heavy atom. The maximum Gasteiger partial charge on any atom is 0.256 e. The molecule has 1 aliphatic rings. The van der Waals surface area contributed by atoms with Crippen molar-refractivity contribution in [2.75, 3.05) is 5.32 Å². The van der Waals surface area contributed by atoms with E-state index in [0.717, 1.165) is 22.4 Å². The van der Waals surface area contributed by atoms with Gasteiger partial charge in [-0.2, -0.15) is 0 Å². The predicted molar refractivity (Wildman–Crippen MR) is 140 cm³/mol. The number of pyridine rings is 2. The third-order valence-corrected chi connectivity index (χ3v) is 6.59. The molecule has 0 fully saturated rings. The van der Waals surface area contributed by atoms with Gasteiger partial charge in [0.2, 0.25) is 0 Å². The number of halogens is 1. The quantitative estimate of drug-likeness (QED) is 0.401. The first kappa shape index (κ1) is 23.9. The highest BCUT2D eigenvalue weighted by atomic mass is 35.5. The molecule has 2 aromatic heterocycles. The Hall–Kier alpha value is -3.87. The van der Waals surface area contributed by atoms with Crippen LogP contribution in [0.5, 0.6) is 0 Å². The fourth-order valence-corrected chi connectivity index (χ4v) is 4.69. The molecule has 0 unspecified atom stereocenters. The summed E-state index contributed by atoms with van der Waals surface area (Å²) in [5, 5.41) is 3.44. The summed E-state index contributed by atoms with van der Waals surface area (Å²) in [6.07, 6.45) is 4.27. The standard InChI is InChI=1S/C29H25ClN4O2/c30-24-12-11-22-19-34(26(27(35)16-23(22)15-24)17-25-5-1-3-13-31-25)18-20-7-9-21(10-8-20)29(36)33-28-6-2-4-14-32-28/h1-15,26H,16-19H2,(H,32,33,36)/t26-/m1/s1. The molecule has 0 saturated heterocycles. The maximum atomic E-state index is 13.4. The van der Waals surface area contributed by atoms with Crippen LogP contribution in [0, 0.1) is 0 Å². The third-order valence-electron chi connectivity index (χ3n) is 6.36. The van der Waals surface area contributed by atoms with Crippen LogP contribution in [0.2, 0.25) is 5.02 Å². The highest BCUT2D eigenvalue weighted by Gasteiger charge is 2.31. The molecule has 36 heavy (non-hydrogen) atoms. The van der Waals surface area contributed by atoms with Crippen LogP contribution in [0.15, 0.2) is 91.3 Å². The molecule has 0 aliphatic carbocycles. The first-order valence-corrected chi connectivity index (χ1v) is 12.2. The molecule has 7 heteroatoms. The molecule has 0 radical (unpaired) electrons. The Morgan fingerprint density at radius 3 is 2.44 bits per heavy atom. The molecule has 0 saturated carbocycles. The van der Waals surface area contributed by atoms with Gasteiger partial charge in [0.1, 0.15) is 5.82 Å². The monoisotopic (exact) mass is 496 g/mol. The number of hydrogen-bond donors (Lipinski definition) is 1. The van der Waals surface area contributed by atoms with E-state index in [1.54, 1.807) is 36.7 Å². The van der Waals surface area contributed by atoms with Gasteiger partial charge in [0.25, 0.3) is 5.91 Å². The molecule has 0 spiro atoms. The Kier molecular flexibility index (Phi) is 7.16. The number of carbonyl (C=O) groups excluding carboxylic acids is 2. The number of Topliss-reactive ketones (excluding diaryl/α,β-unsaturated/α-hetero) is 1. The van der Waals surface area contributed by atoms with Gasteiger partial charge in [0.05, 0.1) is 6.04 Å². The van der Waals surface area contributed by atoms with Crippen molar-refractivity contribution in [3.63, 3.8) is 0 Å². The van der Waals surface area contributed by atoms with Gasteiger partial charge in [-0.3, -0.25) is 19.5 Å². The van der Waals surface area contributed by atoms with Crippen molar-refractivity contribution >= 4 is 29.1 Å². The van der Waals surface area contributed by atoms with E-state index >= 15 is 0 Å². The number of carbonyl (C=O) groups is 2. The molecule has 0 bridgehead atoms. The zero-order valence-electron chi connectivity index (χ0n) is 19.6. The lowest BCUT2D eigenvalue weighted by molar-refractivity contribution is -0.123. The van der Waals surface area contributed by atoms with Crippen molar-refractivity contribution in [3.05, 3.63) is 124 Å². The zero-order chi connectivity index (χ0) is 24.9. The topological polar surface area (TPSA) is 75.2 Å². The number of benzene rings is 2. The van der Waals surface area contributed by atoms with Gasteiger partial charge in [0.15, 0.2) is 5.78 Å². The van der Waals surface area contributed by atoms with Crippen LogP contribution in [0.4, 0.5) is 5.82 Å². The Morgan fingerprint density at radius 1 is 0.944 bits per heavy atom. The number of amides is 1. The van der Waals surface area contributed by atoms with E-state index in [2.05, 4.69) is 20.2 Å². The van der Waals surface area contributed by atoms with Gasteiger partial charge in [-0.05, 0) is 65.2 Å². The predicted octanol–water partition coefficient (Wildman–Crippen LogP) is 5.12. The largest absolute Gasteiger partial charge is 0.307 e. The zero-order valence-corrected chi connectivity index (χ0v) is 20.4. The summed E-state index contributed by atoms with van der Waals surface area (Å²) in [5.74, 6) is 0.433. The lowest BCUT2D eigenvalue weighted by atomic mass is 9.99. The Labute approximate surface area is 215 Å². The number of aromatic nitrogens is 2. The van der Waals surface area contributed by atoms with Crippen molar-refractivity contribution in [2.24, 2.45) is 0 Å². The molecule has 2 aromatic carbocycles. The van der Waals surface area contributed by atoms with Crippen molar-refractivity contribution in [1.29, 1.82) is 0 Å². The van der Waals surface area contributed by atoms with Gasteiger partial charge in [-0.25, -0.2) is 4.98 Å². The average molecular weight is 497 g/mol. The van der Waals surface area contributed by atoms with Crippen molar-refractivity contribution < 1.29 is 9.59 Å². The van der Waals surface area contributed by atoms with Crippen LogP contribution in [0.25, 0.3) is 0 Å². The van der Waals surface area contributed by atoms with E-state index in [1.807, 2.05) is 54.6 Å². The summed E-state index contributed by atoms with van der Waals surface area (Å²) >= 11 is 6.23. The molecule has 3 heterocycles. The van der Waals surface area contributed by atoms with Crippen LogP contribution in [-0.2, 0) is 30.7 Å². The number of anilines is 1.